The summed E-state index contributed by atoms with van der Waals surface area (Å²) in [6, 6.07) is 0. The van der Waals surface area contributed by atoms with Gasteiger partial charge < -0.3 is 10.6 Å². The van der Waals surface area contributed by atoms with E-state index in [1.807, 2.05) is 0 Å². The van der Waals surface area contributed by atoms with Crippen molar-refractivity contribution >= 4 is 0 Å². The molecule has 0 amide bonds. The molecule has 0 rings (SSSR count). The Bertz CT molecular complexity index is 327. The maximum Gasteiger partial charge on any atom is -0.00489 e. The van der Waals surface area contributed by atoms with Crippen molar-refractivity contribution in [2.24, 2.45) is 0 Å². The first kappa shape index (κ1) is 30.7. The van der Waals surface area contributed by atoms with Gasteiger partial charge in [-0.05, 0) is 71.1 Å². The molecule has 0 radical (unpaired) electrons. The molecule has 2 heteroatoms. The molecule has 0 aliphatic carbocycles. The van der Waals surface area contributed by atoms with E-state index < -0.39 is 0 Å². The largest absolute Gasteiger partial charge is 0.317 e. The predicted molar refractivity (Wildman–Crippen MR) is 143 cm³/mol. The number of hydrogen-bond donors (Lipinski definition) is 2. The summed E-state index contributed by atoms with van der Waals surface area (Å²) in [5, 5.41) is 6.98. The van der Waals surface area contributed by atoms with Crippen molar-refractivity contribution in [3.63, 3.8) is 0 Å². The molecular weight excluding hydrogens is 376 g/mol. The van der Waals surface area contributed by atoms with Gasteiger partial charge in [-0.25, -0.2) is 0 Å². The van der Waals surface area contributed by atoms with Gasteiger partial charge in [0.05, 0.1) is 0 Å². The molecule has 0 aromatic carbocycles. The summed E-state index contributed by atoms with van der Waals surface area (Å²) in [4.78, 5) is 0. The second-order valence-electron chi connectivity index (χ2n) is 9.52. The van der Waals surface area contributed by atoms with Crippen molar-refractivity contribution in [3.8, 4) is 0 Å². The molecule has 31 heavy (non-hydrogen) atoms. The summed E-state index contributed by atoms with van der Waals surface area (Å²) >= 11 is 0. The molecular formula is C29H60N2. The molecule has 0 unspecified atom stereocenters. The predicted octanol–water partition coefficient (Wildman–Crippen LogP) is 8.95. The van der Waals surface area contributed by atoms with Gasteiger partial charge in [0.15, 0.2) is 0 Å². The number of nitrogens with one attached hydrogen (secondary N) is 2. The van der Waals surface area contributed by atoms with Crippen LogP contribution in [0, 0.1) is 0 Å². The van der Waals surface area contributed by atoms with Gasteiger partial charge in [-0.15, -0.1) is 0 Å². The van der Waals surface area contributed by atoms with Crippen LogP contribution in [0.15, 0.2) is 12.2 Å². The summed E-state index contributed by atoms with van der Waals surface area (Å²) < 4.78 is 0. The van der Waals surface area contributed by atoms with E-state index in [4.69, 9.17) is 0 Å². The summed E-state index contributed by atoms with van der Waals surface area (Å²) in [6.07, 6.45) is 34.3. The molecule has 0 saturated carbocycles. The number of allylic oxidation sites excluding steroid dienone is 2. The van der Waals surface area contributed by atoms with Crippen LogP contribution < -0.4 is 10.6 Å². The van der Waals surface area contributed by atoms with Crippen LogP contribution in [0.1, 0.15) is 149 Å². The van der Waals surface area contributed by atoms with Gasteiger partial charge in [-0.3, -0.25) is 0 Å². The van der Waals surface area contributed by atoms with Crippen LogP contribution >= 0.6 is 0 Å². The first-order valence-electron chi connectivity index (χ1n) is 14.5. The molecule has 0 saturated heterocycles. The lowest BCUT2D eigenvalue weighted by molar-refractivity contribution is 0.544. The highest BCUT2D eigenvalue weighted by Crippen LogP contribution is 2.12. The zero-order valence-corrected chi connectivity index (χ0v) is 21.8. The number of unbranched alkanes of at least 4 members (excludes halogenated alkanes) is 18. The fourth-order valence-electron chi connectivity index (χ4n) is 4.18. The minimum absolute atomic E-state index is 1.12. The summed E-state index contributed by atoms with van der Waals surface area (Å²) in [7, 11) is 0. The van der Waals surface area contributed by atoms with E-state index in [-0.39, 0.29) is 0 Å². The molecule has 0 heterocycles. The third-order valence-corrected chi connectivity index (χ3v) is 6.32. The van der Waals surface area contributed by atoms with Gasteiger partial charge in [0.25, 0.3) is 0 Å². The van der Waals surface area contributed by atoms with Gasteiger partial charge in [0.2, 0.25) is 0 Å². The van der Waals surface area contributed by atoms with Crippen LogP contribution in [0.25, 0.3) is 0 Å². The molecule has 0 aromatic heterocycles. The topological polar surface area (TPSA) is 24.1 Å². The third-order valence-electron chi connectivity index (χ3n) is 6.32. The maximum atomic E-state index is 3.57. The smallest absolute Gasteiger partial charge is 0.00489 e. The normalized spacial score (nSPS) is 11.7. The van der Waals surface area contributed by atoms with Crippen molar-refractivity contribution < 1.29 is 0 Å². The lowest BCUT2D eigenvalue weighted by Crippen LogP contribution is -2.16. The SMILES string of the molecule is CCCCCNCCCCCCCC/C=C\CCCCCCCCCCCCNCC. The average Bonchev–Trinajstić information content (AvgIpc) is 2.78. The summed E-state index contributed by atoms with van der Waals surface area (Å²) in [5.41, 5.74) is 0. The van der Waals surface area contributed by atoms with Crippen molar-refractivity contribution in [1.82, 2.24) is 10.6 Å². The minimum atomic E-state index is 1.12. The zero-order chi connectivity index (χ0) is 22.5. The van der Waals surface area contributed by atoms with E-state index in [9.17, 15) is 0 Å². The zero-order valence-electron chi connectivity index (χ0n) is 21.8. The molecule has 0 bridgehead atoms. The lowest BCUT2D eigenvalue weighted by Gasteiger charge is -2.04. The quantitative estimate of drug-likeness (QED) is 0.0991. The van der Waals surface area contributed by atoms with E-state index in [1.165, 1.54) is 154 Å². The Labute approximate surface area is 197 Å². The Hall–Kier alpha value is -0.340. The summed E-state index contributed by atoms with van der Waals surface area (Å²) in [5.74, 6) is 0. The van der Waals surface area contributed by atoms with Crippen LogP contribution in [0.2, 0.25) is 0 Å². The van der Waals surface area contributed by atoms with Crippen LogP contribution in [0.5, 0.6) is 0 Å². The highest BCUT2D eigenvalue weighted by atomic mass is 14.8. The molecule has 0 aromatic rings. The highest BCUT2D eigenvalue weighted by molar-refractivity contribution is 4.81. The Morgan fingerprint density at radius 3 is 1.16 bits per heavy atom. The molecule has 186 valence electrons. The third kappa shape index (κ3) is 29.7. The standard InChI is InChI=1S/C29H60N2/c1-3-5-24-28-31-29-26-23-21-19-17-15-13-11-9-7-6-8-10-12-14-16-18-20-22-25-27-30-4-2/h9,11,30-31H,3-8,10,12-29H2,1-2H3/b11-9-. The van der Waals surface area contributed by atoms with Gasteiger partial charge in [-0.2, -0.15) is 0 Å². The second kappa shape index (κ2) is 29.7. The Kier molecular flexibility index (Phi) is 29.3. The Morgan fingerprint density at radius 1 is 0.387 bits per heavy atom. The fraction of sp³-hybridized carbons (Fsp3) is 0.931. The number of rotatable bonds is 27. The minimum Gasteiger partial charge on any atom is -0.317 e. The monoisotopic (exact) mass is 436 g/mol. The molecule has 0 atom stereocenters. The van der Waals surface area contributed by atoms with E-state index in [2.05, 4.69) is 36.6 Å². The van der Waals surface area contributed by atoms with Gasteiger partial charge >= 0.3 is 0 Å². The van der Waals surface area contributed by atoms with Crippen LogP contribution in [0.3, 0.4) is 0 Å². The van der Waals surface area contributed by atoms with Gasteiger partial charge in [0, 0.05) is 0 Å². The molecule has 2 N–H and O–H groups in total. The lowest BCUT2D eigenvalue weighted by atomic mass is 10.1. The van der Waals surface area contributed by atoms with Crippen molar-refractivity contribution in [1.29, 1.82) is 0 Å². The van der Waals surface area contributed by atoms with Gasteiger partial charge in [0.1, 0.15) is 0 Å². The van der Waals surface area contributed by atoms with Crippen molar-refractivity contribution in [2.45, 2.75) is 149 Å². The van der Waals surface area contributed by atoms with E-state index in [0.29, 0.717) is 0 Å². The molecule has 0 aliphatic heterocycles. The van der Waals surface area contributed by atoms with Crippen molar-refractivity contribution in [3.05, 3.63) is 12.2 Å². The van der Waals surface area contributed by atoms with Crippen LogP contribution in [0.4, 0.5) is 0 Å². The fourth-order valence-corrected chi connectivity index (χ4v) is 4.18. The maximum absolute atomic E-state index is 3.57. The second-order valence-corrected chi connectivity index (χ2v) is 9.52. The Balaban J connectivity index is 3.06. The van der Waals surface area contributed by atoms with Crippen LogP contribution in [-0.4, -0.2) is 26.2 Å². The van der Waals surface area contributed by atoms with E-state index in [0.717, 1.165) is 6.54 Å². The van der Waals surface area contributed by atoms with E-state index >= 15 is 0 Å². The molecule has 2 nitrogen and oxygen atoms in total. The summed E-state index contributed by atoms with van der Waals surface area (Å²) in [6.45, 7) is 9.24. The highest BCUT2D eigenvalue weighted by Gasteiger charge is 1.94. The average molecular weight is 437 g/mol. The first-order valence-corrected chi connectivity index (χ1v) is 14.5. The number of hydrogen-bond acceptors (Lipinski definition) is 2. The molecule has 0 spiro atoms. The first-order chi connectivity index (χ1) is 15.4. The molecule has 0 aliphatic rings. The van der Waals surface area contributed by atoms with Crippen molar-refractivity contribution in [2.75, 3.05) is 26.2 Å². The van der Waals surface area contributed by atoms with Crippen LogP contribution in [-0.2, 0) is 0 Å². The van der Waals surface area contributed by atoms with E-state index in [1.54, 1.807) is 0 Å². The molecule has 0 fully saturated rings. The van der Waals surface area contributed by atoms with Gasteiger partial charge in [-0.1, -0.05) is 116 Å². The Morgan fingerprint density at radius 2 is 0.742 bits per heavy atom.